The first kappa shape index (κ1) is 19.3. The number of benzene rings is 1. The Kier molecular flexibility index (Phi) is 5.56. The molecule has 0 spiro atoms. The predicted octanol–water partition coefficient (Wildman–Crippen LogP) is 1.37. The van der Waals surface area contributed by atoms with Gasteiger partial charge in [0.05, 0.1) is 19.9 Å². The van der Waals surface area contributed by atoms with Crippen LogP contribution in [-0.2, 0) is 10.0 Å². The molecule has 9 nitrogen and oxygen atoms in total. The lowest BCUT2D eigenvalue weighted by atomic mass is 10.2. The smallest absolute Gasteiger partial charge is 0.348 e. The summed E-state index contributed by atoms with van der Waals surface area (Å²) in [5.74, 6) is 0.247. The molecule has 0 saturated carbocycles. The van der Waals surface area contributed by atoms with Gasteiger partial charge in [-0.2, -0.15) is 18.4 Å². The highest BCUT2D eigenvalue weighted by Crippen LogP contribution is 2.28. The quantitative estimate of drug-likeness (QED) is 0.570. The molecule has 0 aliphatic heterocycles. The average molecular weight is 382 g/mol. The molecular weight excluding hydrogens is 364 g/mol. The van der Waals surface area contributed by atoms with Gasteiger partial charge in [-0.3, -0.25) is 0 Å². The zero-order chi connectivity index (χ0) is 19.5. The van der Waals surface area contributed by atoms with Gasteiger partial charge in [0.1, 0.15) is 33.5 Å². The number of hydrazone groups is 1. The molecule has 0 fully saturated rings. The number of methoxy groups -OCH3 is 2. The van der Waals surface area contributed by atoms with Crippen LogP contribution in [0.4, 0.5) is 0 Å². The lowest BCUT2D eigenvalue weighted by Crippen LogP contribution is -2.22. The van der Waals surface area contributed by atoms with E-state index in [2.05, 4.69) is 5.10 Å². The number of nitrogens with zero attached hydrogens (tertiary/aromatic N) is 1. The van der Waals surface area contributed by atoms with Crippen molar-refractivity contribution in [3.63, 3.8) is 0 Å². The van der Waals surface area contributed by atoms with E-state index in [1.807, 2.05) is 4.83 Å². The number of ether oxygens (including phenoxy) is 2. The van der Waals surface area contributed by atoms with Crippen molar-refractivity contribution in [1.29, 1.82) is 0 Å². The molecule has 2 rings (SSSR count). The van der Waals surface area contributed by atoms with Gasteiger partial charge >= 0.3 is 5.63 Å². The highest BCUT2D eigenvalue weighted by molar-refractivity contribution is 7.89. The van der Waals surface area contributed by atoms with E-state index in [-0.39, 0.29) is 33.4 Å². The number of aromatic hydroxyl groups is 1. The summed E-state index contributed by atoms with van der Waals surface area (Å²) in [5, 5.41) is 13.6. The van der Waals surface area contributed by atoms with Gasteiger partial charge in [-0.25, -0.2) is 4.79 Å². The molecule has 0 aliphatic rings. The molecule has 0 saturated heterocycles. The van der Waals surface area contributed by atoms with E-state index in [4.69, 9.17) is 13.9 Å². The van der Waals surface area contributed by atoms with Crippen LogP contribution in [0, 0.1) is 6.92 Å². The van der Waals surface area contributed by atoms with Gasteiger partial charge in [0.15, 0.2) is 0 Å². The van der Waals surface area contributed by atoms with E-state index in [1.54, 1.807) is 6.07 Å². The molecule has 1 heterocycles. The highest BCUT2D eigenvalue weighted by Gasteiger charge is 2.21. The molecule has 2 N–H and O–H groups in total. The molecule has 0 bridgehead atoms. The van der Waals surface area contributed by atoms with Crippen LogP contribution in [0.3, 0.4) is 0 Å². The molecule has 10 heteroatoms. The van der Waals surface area contributed by atoms with Crippen molar-refractivity contribution < 1.29 is 27.4 Å². The topological polar surface area (TPSA) is 127 Å². The Bertz CT molecular complexity index is 1010. The van der Waals surface area contributed by atoms with Crippen LogP contribution in [0.15, 0.2) is 43.5 Å². The van der Waals surface area contributed by atoms with Gasteiger partial charge in [0.25, 0.3) is 10.0 Å². The number of sulfonamides is 1. The molecule has 26 heavy (non-hydrogen) atoms. The third kappa shape index (κ3) is 3.97. The van der Waals surface area contributed by atoms with Crippen molar-refractivity contribution in [2.45, 2.75) is 18.7 Å². The Labute approximate surface area is 149 Å². The van der Waals surface area contributed by atoms with E-state index in [0.29, 0.717) is 5.75 Å². The zero-order valence-corrected chi connectivity index (χ0v) is 15.4. The summed E-state index contributed by atoms with van der Waals surface area (Å²) in [6, 6.07) is 5.48. The van der Waals surface area contributed by atoms with E-state index in [0.717, 1.165) is 0 Å². The Hall–Kier alpha value is -3.01. The van der Waals surface area contributed by atoms with Crippen molar-refractivity contribution in [3.05, 3.63) is 46.0 Å². The first-order chi connectivity index (χ1) is 12.2. The fourth-order valence-electron chi connectivity index (χ4n) is 2.16. The second-order valence-electron chi connectivity index (χ2n) is 5.21. The van der Waals surface area contributed by atoms with Crippen molar-refractivity contribution in [2.24, 2.45) is 5.10 Å². The minimum Gasteiger partial charge on any atom is -0.507 e. The Morgan fingerprint density at radius 2 is 1.92 bits per heavy atom. The molecule has 2 aromatic rings. The third-order valence-electron chi connectivity index (χ3n) is 3.41. The molecular formula is C16H18N2O7S. The predicted molar refractivity (Wildman–Crippen MR) is 93.5 cm³/mol. The SMILES string of the molecule is COc1ccc(OC)c(S(=O)(=O)N/N=C(/C)c2c(O)cc(C)oc2=O)c1. The monoisotopic (exact) mass is 382 g/mol. The molecule has 140 valence electrons. The number of hydrogen-bond donors (Lipinski definition) is 2. The lowest BCUT2D eigenvalue weighted by molar-refractivity contribution is 0.392. The third-order valence-corrected chi connectivity index (χ3v) is 4.64. The molecule has 1 aromatic heterocycles. The van der Waals surface area contributed by atoms with Crippen LogP contribution in [0.5, 0.6) is 17.2 Å². The van der Waals surface area contributed by atoms with Crippen LogP contribution in [0.25, 0.3) is 0 Å². The molecule has 1 aromatic carbocycles. The van der Waals surface area contributed by atoms with Gasteiger partial charge in [0.2, 0.25) is 0 Å². The number of rotatable bonds is 6. The minimum absolute atomic E-state index is 0.0679. The minimum atomic E-state index is -4.13. The van der Waals surface area contributed by atoms with Gasteiger partial charge in [-0.1, -0.05) is 0 Å². The Morgan fingerprint density at radius 1 is 1.23 bits per heavy atom. The van der Waals surface area contributed by atoms with E-state index < -0.39 is 15.6 Å². The van der Waals surface area contributed by atoms with Gasteiger partial charge < -0.3 is 19.0 Å². The summed E-state index contributed by atoms with van der Waals surface area (Å²) in [6.45, 7) is 2.85. The van der Waals surface area contributed by atoms with Crippen LogP contribution < -0.4 is 19.9 Å². The summed E-state index contributed by atoms with van der Waals surface area (Å²) in [5.41, 5.74) is -1.14. The van der Waals surface area contributed by atoms with Crippen molar-refractivity contribution in [3.8, 4) is 17.2 Å². The van der Waals surface area contributed by atoms with E-state index >= 15 is 0 Å². The van der Waals surface area contributed by atoms with Gasteiger partial charge in [-0.05, 0) is 26.0 Å². The molecule has 0 aliphatic carbocycles. The normalized spacial score (nSPS) is 11.9. The van der Waals surface area contributed by atoms with Gasteiger partial charge in [-0.15, -0.1) is 0 Å². The Morgan fingerprint density at radius 3 is 2.50 bits per heavy atom. The largest absolute Gasteiger partial charge is 0.507 e. The van der Waals surface area contributed by atoms with Crippen molar-refractivity contribution in [2.75, 3.05) is 14.2 Å². The molecule has 0 unspecified atom stereocenters. The van der Waals surface area contributed by atoms with Gasteiger partial charge in [0, 0.05) is 12.1 Å². The zero-order valence-electron chi connectivity index (χ0n) is 14.6. The summed E-state index contributed by atoms with van der Waals surface area (Å²) in [4.78, 5) is 13.7. The Balaban J connectivity index is 2.42. The highest BCUT2D eigenvalue weighted by atomic mass is 32.2. The first-order valence-electron chi connectivity index (χ1n) is 7.31. The standard InChI is InChI=1S/C16H18N2O7S/c1-9-7-12(19)15(16(20)25-9)10(2)17-18-26(21,22)14-8-11(23-3)5-6-13(14)24-4/h5-8,18-19H,1-4H3/b17-10-. The maximum Gasteiger partial charge on any atom is 0.348 e. The maximum absolute atomic E-state index is 12.5. The molecule has 0 radical (unpaired) electrons. The first-order valence-corrected chi connectivity index (χ1v) is 8.80. The summed E-state index contributed by atoms with van der Waals surface area (Å²) in [7, 11) is -1.41. The fourth-order valence-corrected chi connectivity index (χ4v) is 3.20. The average Bonchev–Trinajstić information content (AvgIpc) is 2.58. The summed E-state index contributed by atoms with van der Waals surface area (Å²) >= 11 is 0. The van der Waals surface area contributed by atoms with Crippen LogP contribution in [-0.4, -0.2) is 33.5 Å². The summed E-state index contributed by atoms with van der Waals surface area (Å²) in [6.07, 6.45) is 0. The van der Waals surface area contributed by atoms with E-state index in [1.165, 1.54) is 46.3 Å². The molecule has 0 amide bonds. The fraction of sp³-hybridized carbons (Fsp3) is 0.250. The van der Waals surface area contributed by atoms with Crippen LogP contribution in [0.1, 0.15) is 18.2 Å². The number of nitrogens with one attached hydrogen (secondary N) is 1. The maximum atomic E-state index is 12.5. The van der Waals surface area contributed by atoms with E-state index in [9.17, 15) is 18.3 Å². The second kappa shape index (κ2) is 7.48. The summed E-state index contributed by atoms with van der Waals surface area (Å²) < 4.78 is 40.0. The number of hydrogen-bond acceptors (Lipinski definition) is 8. The van der Waals surface area contributed by atoms with Crippen molar-refractivity contribution in [1.82, 2.24) is 4.83 Å². The van der Waals surface area contributed by atoms with Crippen LogP contribution in [0.2, 0.25) is 0 Å². The lowest BCUT2D eigenvalue weighted by Gasteiger charge is -2.11. The van der Waals surface area contributed by atoms with Crippen LogP contribution >= 0.6 is 0 Å². The second-order valence-corrected chi connectivity index (χ2v) is 6.84. The molecule has 0 atom stereocenters. The van der Waals surface area contributed by atoms with Crippen molar-refractivity contribution >= 4 is 15.7 Å². The number of aryl methyl sites for hydroxylation is 1.